The Morgan fingerprint density at radius 3 is 2.59 bits per heavy atom. The number of aryl methyl sites for hydroxylation is 2. The molecule has 1 N–H and O–H groups in total. The molecular weight excluding hydrogens is 340 g/mol. The zero-order chi connectivity index (χ0) is 19.4. The summed E-state index contributed by atoms with van der Waals surface area (Å²) >= 11 is 0. The summed E-state index contributed by atoms with van der Waals surface area (Å²) in [7, 11) is 1.64. The number of ether oxygens (including phenoxy) is 1. The fourth-order valence-corrected chi connectivity index (χ4v) is 3.49. The van der Waals surface area contributed by atoms with E-state index in [0.29, 0.717) is 13.1 Å². The molecule has 1 atom stereocenters. The van der Waals surface area contributed by atoms with Crippen LogP contribution in [0.5, 0.6) is 5.75 Å². The van der Waals surface area contributed by atoms with Crippen molar-refractivity contribution in [3.63, 3.8) is 0 Å². The third-order valence-electron chi connectivity index (χ3n) is 5.12. The van der Waals surface area contributed by atoms with Crippen LogP contribution in [-0.4, -0.2) is 36.9 Å². The Bertz CT molecular complexity index is 827. The molecule has 0 saturated carbocycles. The van der Waals surface area contributed by atoms with Crippen LogP contribution in [0, 0.1) is 19.8 Å². The minimum atomic E-state index is -0.304. The molecule has 27 heavy (non-hydrogen) atoms. The molecule has 2 aromatic carbocycles. The minimum absolute atomic E-state index is 0.0413. The highest BCUT2D eigenvalue weighted by molar-refractivity contribution is 5.98. The number of carbonyl (C=O) groups excluding carboxylic acids is 2. The van der Waals surface area contributed by atoms with Crippen LogP contribution >= 0.6 is 0 Å². The van der Waals surface area contributed by atoms with Gasteiger partial charge >= 0.3 is 0 Å². The highest BCUT2D eigenvalue weighted by atomic mass is 16.5. The molecule has 142 valence electrons. The zero-order valence-electron chi connectivity index (χ0n) is 16.1. The molecule has 2 amide bonds. The number of nitrogens with zero attached hydrogens (tertiary/aromatic N) is 1. The summed E-state index contributed by atoms with van der Waals surface area (Å²) in [6, 6.07) is 13.8. The van der Waals surface area contributed by atoms with Crippen molar-refractivity contribution < 1.29 is 14.3 Å². The van der Waals surface area contributed by atoms with Crippen molar-refractivity contribution in [1.82, 2.24) is 4.90 Å². The van der Waals surface area contributed by atoms with Crippen molar-refractivity contribution in [3.8, 4) is 5.75 Å². The van der Waals surface area contributed by atoms with Crippen LogP contribution in [0.4, 0.5) is 5.69 Å². The summed E-state index contributed by atoms with van der Waals surface area (Å²) in [6.07, 6.45) is 1.02. The van der Waals surface area contributed by atoms with E-state index in [2.05, 4.69) is 5.32 Å². The van der Waals surface area contributed by atoms with Gasteiger partial charge in [0.05, 0.1) is 13.0 Å². The SMILES string of the molecule is COc1cccc(CCN2CC(C(=O)Nc3c(C)cccc3C)CC2=O)c1. The van der Waals surface area contributed by atoms with Crippen LogP contribution in [0.15, 0.2) is 42.5 Å². The summed E-state index contributed by atoms with van der Waals surface area (Å²) in [6.45, 7) is 5.03. The molecule has 1 aliphatic rings. The fraction of sp³-hybridized carbons (Fsp3) is 0.364. The van der Waals surface area contributed by atoms with Crippen LogP contribution < -0.4 is 10.1 Å². The second-order valence-electron chi connectivity index (χ2n) is 7.10. The summed E-state index contributed by atoms with van der Waals surface area (Å²) in [5.41, 5.74) is 4.03. The van der Waals surface area contributed by atoms with Gasteiger partial charge in [0.25, 0.3) is 0 Å². The van der Waals surface area contributed by atoms with Gasteiger partial charge in [-0.25, -0.2) is 0 Å². The molecule has 1 unspecified atom stereocenters. The third kappa shape index (κ3) is 4.48. The molecule has 0 aliphatic carbocycles. The van der Waals surface area contributed by atoms with Gasteiger partial charge in [-0.15, -0.1) is 0 Å². The highest BCUT2D eigenvalue weighted by Gasteiger charge is 2.34. The number of hydrogen-bond acceptors (Lipinski definition) is 3. The molecule has 0 spiro atoms. The number of amides is 2. The van der Waals surface area contributed by atoms with E-state index in [1.165, 1.54) is 0 Å². The predicted octanol–water partition coefficient (Wildman–Crippen LogP) is 3.34. The monoisotopic (exact) mass is 366 g/mol. The van der Waals surface area contributed by atoms with Crippen molar-refractivity contribution in [2.45, 2.75) is 26.7 Å². The van der Waals surface area contributed by atoms with Crippen LogP contribution in [-0.2, 0) is 16.0 Å². The van der Waals surface area contributed by atoms with E-state index in [9.17, 15) is 9.59 Å². The van der Waals surface area contributed by atoms with E-state index in [0.717, 1.165) is 34.5 Å². The summed E-state index contributed by atoms with van der Waals surface area (Å²) in [5, 5.41) is 3.02. The maximum absolute atomic E-state index is 12.7. The van der Waals surface area contributed by atoms with E-state index in [-0.39, 0.29) is 24.2 Å². The first kappa shape index (κ1) is 19.0. The summed E-state index contributed by atoms with van der Waals surface area (Å²) in [4.78, 5) is 26.8. The lowest BCUT2D eigenvalue weighted by molar-refractivity contribution is -0.128. The number of hydrogen-bond donors (Lipinski definition) is 1. The second-order valence-corrected chi connectivity index (χ2v) is 7.10. The smallest absolute Gasteiger partial charge is 0.229 e. The fourth-order valence-electron chi connectivity index (χ4n) is 3.49. The number of rotatable bonds is 6. The Kier molecular flexibility index (Phi) is 5.79. The molecule has 5 heteroatoms. The largest absolute Gasteiger partial charge is 0.497 e. The van der Waals surface area contributed by atoms with Crippen LogP contribution in [0.25, 0.3) is 0 Å². The number of benzene rings is 2. The standard InChI is InChI=1S/C22H26N2O3/c1-15-6-4-7-16(2)21(15)23-22(26)18-13-20(25)24(14-18)11-10-17-8-5-9-19(12-17)27-3/h4-9,12,18H,10-11,13-14H2,1-3H3,(H,23,26). The highest BCUT2D eigenvalue weighted by Crippen LogP contribution is 2.24. The molecule has 5 nitrogen and oxygen atoms in total. The zero-order valence-corrected chi connectivity index (χ0v) is 16.1. The average molecular weight is 366 g/mol. The second kappa shape index (κ2) is 8.25. The first-order valence-corrected chi connectivity index (χ1v) is 9.25. The lowest BCUT2D eigenvalue weighted by Crippen LogP contribution is -2.30. The Hall–Kier alpha value is -2.82. The van der Waals surface area contributed by atoms with E-state index in [1.54, 1.807) is 12.0 Å². The van der Waals surface area contributed by atoms with Crippen LogP contribution in [0.2, 0.25) is 0 Å². The lowest BCUT2D eigenvalue weighted by atomic mass is 10.1. The summed E-state index contributed by atoms with van der Waals surface area (Å²) < 4.78 is 5.24. The van der Waals surface area contributed by atoms with Gasteiger partial charge in [0, 0.05) is 25.2 Å². The lowest BCUT2D eigenvalue weighted by Gasteiger charge is -2.17. The molecular formula is C22H26N2O3. The molecule has 2 aromatic rings. The van der Waals surface area contributed by atoms with Gasteiger partial charge in [-0.3, -0.25) is 9.59 Å². The normalized spacial score (nSPS) is 16.5. The predicted molar refractivity (Wildman–Crippen MR) is 106 cm³/mol. The van der Waals surface area contributed by atoms with Crippen LogP contribution in [0.3, 0.4) is 0 Å². The van der Waals surface area contributed by atoms with Gasteiger partial charge in [-0.05, 0) is 49.1 Å². The van der Waals surface area contributed by atoms with E-state index in [1.807, 2.05) is 56.3 Å². The van der Waals surface area contributed by atoms with Gasteiger partial charge < -0.3 is 15.0 Å². The molecule has 1 heterocycles. The Morgan fingerprint density at radius 2 is 1.89 bits per heavy atom. The minimum Gasteiger partial charge on any atom is -0.497 e. The molecule has 0 bridgehead atoms. The topological polar surface area (TPSA) is 58.6 Å². The van der Waals surface area contributed by atoms with Gasteiger partial charge in [0.2, 0.25) is 11.8 Å². The quantitative estimate of drug-likeness (QED) is 0.853. The van der Waals surface area contributed by atoms with Gasteiger partial charge in [0.15, 0.2) is 0 Å². The molecule has 3 rings (SSSR count). The van der Waals surface area contributed by atoms with E-state index in [4.69, 9.17) is 4.74 Å². The maximum atomic E-state index is 12.7. The van der Waals surface area contributed by atoms with Gasteiger partial charge in [-0.1, -0.05) is 30.3 Å². The van der Waals surface area contributed by atoms with Gasteiger partial charge in [-0.2, -0.15) is 0 Å². The number of anilines is 1. The Labute approximate surface area is 160 Å². The number of likely N-dealkylation sites (tertiary alicyclic amines) is 1. The Morgan fingerprint density at radius 1 is 1.19 bits per heavy atom. The molecule has 1 saturated heterocycles. The first-order valence-electron chi connectivity index (χ1n) is 9.25. The maximum Gasteiger partial charge on any atom is 0.229 e. The number of nitrogens with one attached hydrogen (secondary N) is 1. The van der Waals surface area contributed by atoms with Crippen molar-refractivity contribution in [1.29, 1.82) is 0 Å². The molecule has 1 aliphatic heterocycles. The van der Waals surface area contributed by atoms with E-state index < -0.39 is 0 Å². The number of methoxy groups -OCH3 is 1. The first-order chi connectivity index (χ1) is 13.0. The summed E-state index contributed by atoms with van der Waals surface area (Å²) in [5.74, 6) is 0.470. The van der Waals surface area contributed by atoms with Crippen molar-refractivity contribution in [2.24, 2.45) is 5.92 Å². The molecule has 0 aromatic heterocycles. The van der Waals surface area contributed by atoms with Crippen molar-refractivity contribution in [2.75, 3.05) is 25.5 Å². The van der Waals surface area contributed by atoms with Crippen molar-refractivity contribution in [3.05, 3.63) is 59.2 Å². The average Bonchev–Trinajstić information content (AvgIpc) is 3.04. The Balaban J connectivity index is 1.58. The van der Waals surface area contributed by atoms with E-state index >= 15 is 0 Å². The van der Waals surface area contributed by atoms with Gasteiger partial charge in [0.1, 0.15) is 5.75 Å². The number of carbonyl (C=O) groups is 2. The van der Waals surface area contributed by atoms with Crippen molar-refractivity contribution >= 4 is 17.5 Å². The third-order valence-corrected chi connectivity index (χ3v) is 5.12. The molecule has 0 radical (unpaired) electrons. The van der Waals surface area contributed by atoms with Crippen LogP contribution in [0.1, 0.15) is 23.1 Å². The number of para-hydroxylation sites is 1. The molecule has 1 fully saturated rings.